The van der Waals surface area contributed by atoms with E-state index in [1.807, 2.05) is 12.1 Å². The molecule has 3 nitrogen and oxygen atoms in total. The fourth-order valence-corrected chi connectivity index (χ4v) is 2.86. The Morgan fingerprint density at radius 1 is 1.16 bits per heavy atom. The molecule has 0 unspecified atom stereocenters. The van der Waals surface area contributed by atoms with Gasteiger partial charge in [0, 0.05) is 15.8 Å². The number of benzene rings is 2. The third-order valence-corrected chi connectivity index (χ3v) is 4.14. The Hall–Kier alpha value is -0.950. The van der Waals surface area contributed by atoms with E-state index in [1.54, 1.807) is 0 Å². The van der Waals surface area contributed by atoms with E-state index < -0.39 is 0 Å². The number of fused-ring (bicyclic) bond motifs is 1. The van der Waals surface area contributed by atoms with Gasteiger partial charge in [0.15, 0.2) is 11.5 Å². The highest BCUT2D eigenvalue weighted by Gasteiger charge is 2.17. The maximum atomic E-state index is 5.41. The quantitative estimate of drug-likeness (QED) is 0.731. The number of hydrogen-bond donors (Lipinski definition) is 1. The van der Waals surface area contributed by atoms with Crippen LogP contribution in [0.3, 0.4) is 0 Å². The molecule has 98 valence electrons. The van der Waals surface area contributed by atoms with Crippen LogP contribution in [0, 0.1) is 3.57 Å². The number of halogens is 2. The lowest BCUT2D eigenvalue weighted by Gasteiger charge is -2.08. The number of rotatable bonds is 3. The number of nitrogens with one attached hydrogen (secondary N) is 1. The Morgan fingerprint density at radius 2 is 1.95 bits per heavy atom. The van der Waals surface area contributed by atoms with Crippen LogP contribution in [-0.2, 0) is 6.54 Å². The summed E-state index contributed by atoms with van der Waals surface area (Å²) in [5, 5.41) is 3.39. The molecule has 0 aromatic heterocycles. The second kappa shape index (κ2) is 5.58. The van der Waals surface area contributed by atoms with Gasteiger partial charge in [0.1, 0.15) is 0 Å². The molecule has 0 saturated carbocycles. The monoisotopic (exact) mass is 431 g/mol. The summed E-state index contributed by atoms with van der Waals surface area (Å²) in [7, 11) is 0. The zero-order valence-electron chi connectivity index (χ0n) is 9.95. The number of anilines is 1. The van der Waals surface area contributed by atoms with Gasteiger partial charge in [-0.2, -0.15) is 0 Å². The minimum Gasteiger partial charge on any atom is -0.454 e. The maximum Gasteiger partial charge on any atom is 0.231 e. The summed E-state index contributed by atoms with van der Waals surface area (Å²) in [5.74, 6) is 1.59. The van der Waals surface area contributed by atoms with Crippen molar-refractivity contribution in [3.05, 3.63) is 50.0 Å². The Balaban J connectivity index is 1.73. The highest BCUT2D eigenvalue weighted by atomic mass is 127. The zero-order valence-corrected chi connectivity index (χ0v) is 13.7. The molecule has 2 aromatic rings. The molecule has 1 N–H and O–H groups in total. The molecule has 1 aliphatic heterocycles. The van der Waals surface area contributed by atoms with Gasteiger partial charge in [-0.05, 0) is 80.5 Å². The molecule has 0 bridgehead atoms. The molecule has 0 aliphatic carbocycles. The molecular formula is C14H11BrINO2. The predicted octanol–water partition coefficient (Wildman–Crippen LogP) is 4.39. The van der Waals surface area contributed by atoms with Crippen LogP contribution in [0.15, 0.2) is 40.9 Å². The van der Waals surface area contributed by atoms with E-state index in [9.17, 15) is 0 Å². The summed E-state index contributed by atoms with van der Waals surface area (Å²) < 4.78 is 12.9. The highest BCUT2D eigenvalue weighted by Crippen LogP contribution is 2.40. The molecule has 3 rings (SSSR count). The van der Waals surface area contributed by atoms with E-state index in [2.05, 4.69) is 68.1 Å². The molecular weight excluding hydrogens is 421 g/mol. The van der Waals surface area contributed by atoms with Crippen LogP contribution < -0.4 is 14.8 Å². The van der Waals surface area contributed by atoms with Crippen molar-refractivity contribution < 1.29 is 9.47 Å². The van der Waals surface area contributed by atoms with Crippen molar-refractivity contribution in [1.82, 2.24) is 0 Å². The average Bonchev–Trinajstić information content (AvgIpc) is 2.87. The van der Waals surface area contributed by atoms with Gasteiger partial charge in [-0.15, -0.1) is 0 Å². The molecule has 0 fully saturated rings. The summed E-state index contributed by atoms with van der Waals surface area (Å²) >= 11 is 5.80. The Bertz CT molecular complexity index is 601. The molecule has 0 spiro atoms. The summed E-state index contributed by atoms with van der Waals surface area (Å²) in [6.07, 6.45) is 0. The normalized spacial score (nSPS) is 12.5. The summed E-state index contributed by atoms with van der Waals surface area (Å²) in [6.45, 7) is 1.04. The van der Waals surface area contributed by atoms with Crippen molar-refractivity contribution in [2.45, 2.75) is 6.54 Å². The van der Waals surface area contributed by atoms with Gasteiger partial charge in [0.25, 0.3) is 0 Å². The Morgan fingerprint density at radius 3 is 2.74 bits per heavy atom. The first-order chi connectivity index (χ1) is 9.22. The van der Waals surface area contributed by atoms with Crippen LogP contribution in [0.2, 0.25) is 0 Å². The smallest absolute Gasteiger partial charge is 0.231 e. The molecule has 1 heterocycles. The van der Waals surface area contributed by atoms with E-state index in [-0.39, 0.29) is 0 Å². The van der Waals surface area contributed by atoms with Crippen molar-refractivity contribution in [1.29, 1.82) is 0 Å². The van der Waals surface area contributed by atoms with Gasteiger partial charge < -0.3 is 14.8 Å². The molecule has 1 aliphatic rings. The van der Waals surface area contributed by atoms with Gasteiger partial charge in [-0.1, -0.05) is 0 Å². The molecule has 5 heteroatoms. The maximum absolute atomic E-state index is 5.41. The predicted molar refractivity (Wildman–Crippen MR) is 86.8 cm³/mol. The molecule has 19 heavy (non-hydrogen) atoms. The second-order valence-corrected chi connectivity index (χ2v) is 6.27. The highest BCUT2D eigenvalue weighted by molar-refractivity contribution is 14.1. The molecule has 0 saturated heterocycles. The van der Waals surface area contributed by atoms with Crippen LogP contribution in [0.5, 0.6) is 11.5 Å². The van der Waals surface area contributed by atoms with E-state index in [0.29, 0.717) is 6.79 Å². The number of hydrogen-bond acceptors (Lipinski definition) is 3. The van der Waals surface area contributed by atoms with E-state index in [4.69, 9.17) is 9.47 Å². The largest absolute Gasteiger partial charge is 0.454 e. The molecule has 0 radical (unpaired) electrons. The first-order valence-corrected chi connectivity index (χ1v) is 7.67. The Labute approximate surface area is 133 Å². The van der Waals surface area contributed by atoms with Crippen molar-refractivity contribution in [3.8, 4) is 11.5 Å². The van der Waals surface area contributed by atoms with Crippen molar-refractivity contribution >= 4 is 44.2 Å². The fraction of sp³-hybridized carbons (Fsp3) is 0.143. The summed E-state index contributed by atoms with van der Waals surface area (Å²) in [5.41, 5.74) is 2.25. The first-order valence-electron chi connectivity index (χ1n) is 5.80. The van der Waals surface area contributed by atoms with Crippen LogP contribution in [-0.4, -0.2) is 6.79 Å². The Kier molecular flexibility index (Phi) is 3.83. The zero-order chi connectivity index (χ0) is 13.2. The topological polar surface area (TPSA) is 30.5 Å². The second-order valence-electron chi connectivity index (χ2n) is 4.17. The van der Waals surface area contributed by atoms with Gasteiger partial charge in [-0.3, -0.25) is 0 Å². The first kappa shape index (κ1) is 13.1. The van der Waals surface area contributed by atoms with Crippen LogP contribution >= 0.6 is 38.5 Å². The van der Waals surface area contributed by atoms with Gasteiger partial charge >= 0.3 is 0 Å². The minimum atomic E-state index is 0.294. The third-order valence-electron chi connectivity index (χ3n) is 2.83. The van der Waals surface area contributed by atoms with Crippen LogP contribution in [0.4, 0.5) is 5.69 Å². The fourth-order valence-electron chi connectivity index (χ4n) is 1.89. The summed E-state index contributed by atoms with van der Waals surface area (Å²) in [4.78, 5) is 0. The molecule has 0 amide bonds. The SMILES string of the molecule is Brc1cc(CNc2ccc(I)cc2)cc2c1OCO2. The minimum absolute atomic E-state index is 0.294. The molecule has 2 aromatic carbocycles. The van der Waals surface area contributed by atoms with Crippen molar-refractivity contribution in [3.63, 3.8) is 0 Å². The van der Waals surface area contributed by atoms with Gasteiger partial charge in [-0.25, -0.2) is 0 Å². The van der Waals surface area contributed by atoms with Crippen LogP contribution in [0.25, 0.3) is 0 Å². The summed E-state index contributed by atoms with van der Waals surface area (Å²) in [6, 6.07) is 12.4. The standard InChI is InChI=1S/C14H11BrINO2/c15-12-5-9(6-13-14(12)19-8-18-13)7-17-11-3-1-10(16)2-4-11/h1-6,17H,7-8H2. The van der Waals surface area contributed by atoms with Crippen molar-refractivity contribution in [2.75, 3.05) is 12.1 Å². The van der Waals surface area contributed by atoms with Crippen LogP contribution in [0.1, 0.15) is 5.56 Å². The van der Waals surface area contributed by atoms with E-state index in [0.717, 1.165) is 33.8 Å². The third kappa shape index (κ3) is 2.97. The lowest BCUT2D eigenvalue weighted by Crippen LogP contribution is -1.99. The van der Waals surface area contributed by atoms with E-state index in [1.165, 1.54) is 3.57 Å². The van der Waals surface area contributed by atoms with Gasteiger partial charge in [0.2, 0.25) is 6.79 Å². The lowest BCUT2D eigenvalue weighted by molar-refractivity contribution is 0.173. The molecule has 0 atom stereocenters. The van der Waals surface area contributed by atoms with E-state index >= 15 is 0 Å². The lowest BCUT2D eigenvalue weighted by atomic mass is 10.2. The average molecular weight is 432 g/mol. The van der Waals surface area contributed by atoms with Gasteiger partial charge in [0.05, 0.1) is 4.47 Å². The van der Waals surface area contributed by atoms with Crippen molar-refractivity contribution in [2.24, 2.45) is 0 Å². The number of ether oxygens (including phenoxy) is 2.